The molecule has 3 rings (SSSR count). The summed E-state index contributed by atoms with van der Waals surface area (Å²) >= 11 is 1.83. The fourth-order valence-electron chi connectivity index (χ4n) is 2.75. The van der Waals surface area contributed by atoms with Gasteiger partial charge in [-0.1, -0.05) is 30.3 Å². The molecule has 0 fully saturated rings. The van der Waals surface area contributed by atoms with E-state index in [1.807, 2.05) is 42.1 Å². The van der Waals surface area contributed by atoms with Gasteiger partial charge >= 0.3 is 0 Å². The molecule has 1 aliphatic rings. The van der Waals surface area contributed by atoms with Gasteiger partial charge in [0.1, 0.15) is 5.75 Å². The van der Waals surface area contributed by atoms with Crippen molar-refractivity contribution in [3.05, 3.63) is 65.7 Å². The molecule has 0 saturated carbocycles. The molecular formula is C20H21NO3S. The number of carbonyl (C=O) groups excluding carboxylic acids is 2. The Balaban J connectivity index is 1.29. The van der Waals surface area contributed by atoms with Gasteiger partial charge in [0.15, 0.2) is 0 Å². The summed E-state index contributed by atoms with van der Waals surface area (Å²) < 4.78 is 5.64. The molecule has 0 spiro atoms. The number of thioether (sulfide) groups is 1. The SMILES string of the molecule is O=C1c2ccccc2C(=O)N1CCCCSCCOc1ccccc1. The molecule has 2 aromatic carbocycles. The number of nitrogens with zero attached hydrogens (tertiary/aromatic N) is 1. The van der Waals surface area contributed by atoms with Gasteiger partial charge in [0.2, 0.25) is 0 Å². The first-order chi connectivity index (χ1) is 12.3. The summed E-state index contributed by atoms with van der Waals surface area (Å²) in [5, 5.41) is 0. The summed E-state index contributed by atoms with van der Waals surface area (Å²) in [5.41, 5.74) is 1.06. The Morgan fingerprint density at radius 2 is 1.44 bits per heavy atom. The zero-order valence-electron chi connectivity index (χ0n) is 14.0. The van der Waals surface area contributed by atoms with E-state index < -0.39 is 0 Å². The van der Waals surface area contributed by atoms with Crippen LogP contribution in [0.3, 0.4) is 0 Å². The van der Waals surface area contributed by atoms with E-state index in [-0.39, 0.29) is 11.8 Å². The third-order valence-electron chi connectivity index (χ3n) is 4.04. The number of benzene rings is 2. The van der Waals surface area contributed by atoms with Crippen LogP contribution in [0.1, 0.15) is 33.6 Å². The number of ether oxygens (including phenoxy) is 1. The predicted octanol–water partition coefficient (Wildman–Crippen LogP) is 3.88. The second-order valence-electron chi connectivity index (χ2n) is 5.79. The molecule has 0 bridgehead atoms. The molecule has 0 atom stereocenters. The normalized spacial score (nSPS) is 13.2. The maximum absolute atomic E-state index is 12.2. The Kier molecular flexibility index (Phi) is 6.12. The Labute approximate surface area is 152 Å². The van der Waals surface area contributed by atoms with Crippen molar-refractivity contribution in [1.82, 2.24) is 4.90 Å². The molecule has 0 saturated heterocycles. The highest BCUT2D eigenvalue weighted by atomic mass is 32.2. The summed E-state index contributed by atoms with van der Waals surface area (Å²) in [6.45, 7) is 1.18. The maximum Gasteiger partial charge on any atom is 0.261 e. The van der Waals surface area contributed by atoms with Crippen LogP contribution in [0.5, 0.6) is 5.75 Å². The summed E-state index contributed by atoms with van der Waals surface area (Å²) in [6.07, 6.45) is 1.81. The third kappa shape index (κ3) is 4.42. The van der Waals surface area contributed by atoms with Crippen LogP contribution in [0.4, 0.5) is 0 Å². The predicted molar refractivity (Wildman–Crippen MR) is 100 cm³/mol. The van der Waals surface area contributed by atoms with Crippen LogP contribution >= 0.6 is 11.8 Å². The molecule has 1 aliphatic heterocycles. The van der Waals surface area contributed by atoms with E-state index in [4.69, 9.17) is 4.74 Å². The van der Waals surface area contributed by atoms with Crippen LogP contribution in [0, 0.1) is 0 Å². The number of fused-ring (bicyclic) bond motifs is 1. The summed E-state index contributed by atoms with van der Waals surface area (Å²) in [5.74, 6) is 2.51. The number of hydrogen-bond acceptors (Lipinski definition) is 4. The van der Waals surface area contributed by atoms with Crippen molar-refractivity contribution < 1.29 is 14.3 Å². The van der Waals surface area contributed by atoms with Gasteiger partial charge in [0, 0.05) is 12.3 Å². The van der Waals surface area contributed by atoms with Crippen molar-refractivity contribution in [1.29, 1.82) is 0 Å². The van der Waals surface area contributed by atoms with E-state index >= 15 is 0 Å². The van der Waals surface area contributed by atoms with Crippen molar-refractivity contribution >= 4 is 23.6 Å². The van der Waals surface area contributed by atoms with Gasteiger partial charge in [0.25, 0.3) is 11.8 Å². The highest BCUT2D eigenvalue weighted by Crippen LogP contribution is 2.22. The van der Waals surface area contributed by atoms with Crippen LogP contribution in [0.2, 0.25) is 0 Å². The minimum Gasteiger partial charge on any atom is -0.493 e. The molecule has 1 heterocycles. The first kappa shape index (κ1) is 17.5. The van der Waals surface area contributed by atoms with Gasteiger partial charge < -0.3 is 4.74 Å². The highest BCUT2D eigenvalue weighted by Gasteiger charge is 2.34. The molecule has 2 aromatic rings. The quantitative estimate of drug-likeness (QED) is 0.506. The molecule has 0 aromatic heterocycles. The molecule has 2 amide bonds. The second-order valence-corrected chi connectivity index (χ2v) is 7.01. The topological polar surface area (TPSA) is 46.6 Å². The molecule has 25 heavy (non-hydrogen) atoms. The van der Waals surface area contributed by atoms with E-state index in [0.29, 0.717) is 24.3 Å². The summed E-state index contributed by atoms with van der Waals surface area (Å²) in [6, 6.07) is 16.8. The average molecular weight is 355 g/mol. The number of hydrogen-bond donors (Lipinski definition) is 0. The lowest BCUT2D eigenvalue weighted by Crippen LogP contribution is -2.30. The molecular weight excluding hydrogens is 334 g/mol. The number of imide groups is 1. The van der Waals surface area contributed by atoms with Crippen molar-refractivity contribution in [2.45, 2.75) is 12.8 Å². The highest BCUT2D eigenvalue weighted by molar-refractivity contribution is 7.99. The zero-order valence-corrected chi connectivity index (χ0v) is 14.8. The first-order valence-electron chi connectivity index (χ1n) is 8.48. The van der Waals surface area contributed by atoms with E-state index in [1.165, 1.54) is 4.90 Å². The van der Waals surface area contributed by atoms with Gasteiger partial charge in [-0.3, -0.25) is 14.5 Å². The van der Waals surface area contributed by atoms with Gasteiger partial charge in [-0.05, 0) is 42.9 Å². The van der Waals surface area contributed by atoms with E-state index in [1.54, 1.807) is 24.3 Å². The minimum atomic E-state index is -0.162. The number of para-hydroxylation sites is 1. The fraction of sp³-hybridized carbons (Fsp3) is 0.300. The lowest BCUT2D eigenvalue weighted by Gasteiger charge is -2.13. The molecule has 0 radical (unpaired) electrons. The monoisotopic (exact) mass is 355 g/mol. The summed E-state index contributed by atoms with van der Waals surface area (Å²) in [4.78, 5) is 25.8. The van der Waals surface area contributed by atoms with Crippen LogP contribution in [-0.4, -0.2) is 41.4 Å². The van der Waals surface area contributed by atoms with Crippen molar-refractivity contribution in [3.63, 3.8) is 0 Å². The smallest absolute Gasteiger partial charge is 0.261 e. The molecule has 0 N–H and O–H groups in total. The largest absolute Gasteiger partial charge is 0.493 e. The van der Waals surface area contributed by atoms with Crippen LogP contribution < -0.4 is 4.74 Å². The lowest BCUT2D eigenvalue weighted by atomic mass is 10.1. The lowest BCUT2D eigenvalue weighted by molar-refractivity contribution is 0.0652. The summed E-state index contributed by atoms with van der Waals surface area (Å²) in [7, 11) is 0. The van der Waals surface area contributed by atoms with Crippen molar-refractivity contribution in [2.24, 2.45) is 0 Å². The molecule has 0 unspecified atom stereocenters. The van der Waals surface area contributed by atoms with E-state index in [2.05, 4.69) is 0 Å². The zero-order chi connectivity index (χ0) is 17.5. The maximum atomic E-state index is 12.2. The molecule has 5 heteroatoms. The number of carbonyl (C=O) groups is 2. The van der Waals surface area contributed by atoms with E-state index in [9.17, 15) is 9.59 Å². The standard InChI is InChI=1S/C20H21NO3S/c22-19-17-10-4-5-11-18(17)20(23)21(19)12-6-7-14-25-15-13-24-16-8-2-1-3-9-16/h1-5,8-11H,6-7,12-15H2. The number of rotatable bonds is 9. The second kappa shape index (κ2) is 8.72. The van der Waals surface area contributed by atoms with Crippen LogP contribution in [0.15, 0.2) is 54.6 Å². The molecule has 4 nitrogen and oxygen atoms in total. The van der Waals surface area contributed by atoms with Gasteiger partial charge in [0.05, 0.1) is 17.7 Å². The van der Waals surface area contributed by atoms with Crippen LogP contribution in [0.25, 0.3) is 0 Å². The third-order valence-corrected chi connectivity index (χ3v) is 5.07. The number of amides is 2. The Morgan fingerprint density at radius 1 is 0.800 bits per heavy atom. The van der Waals surface area contributed by atoms with Gasteiger partial charge in [-0.25, -0.2) is 0 Å². The Morgan fingerprint density at radius 3 is 2.12 bits per heavy atom. The number of unbranched alkanes of at least 4 members (excludes halogenated alkanes) is 1. The Bertz CT molecular complexity index is 698. The molecule has 130 valence electrons. The van der Waals surface area contributed by atoms with Crippen molar-refractivity contribution in [3.8, 4) is 5.75 Å². The van der Waals surface area contributed by atoms with E-state index in [0.717, 1.165) is 30.1 Å². The van der Waals surface area contributed by atoms with Gasteiger partial charge in [-0.2, -0.15) is 11.8 Å². The van der Waals surface area contributed by atoms with Gasteiger partial charge in [-0.15, -0.1) is 0 Å². The molecule has 0 aliphatic carbocycles. The average Bonchev–Trinajstić information content (AvgIpc) is 2.90. The van der Waals surface area contributed by atoms with Crippen molar-refractivity contribution in [2.75, 3.05) is 24.7 Å². The fourth-order valence-corrected chi connectivity index (χ4v) is 3.57. The first-order valence-corrected chi connectivity index (χ1v) is 9.63. The minimum absolute atomic E-state index is 0.162. The Hall–Kier alpha value is -2.27. The van der Waals surface area contributed by atoms with Crippen LogP contribution in [-0.2, 0) is 0 Å².